The van der Waals surface area contributed by atoms with Crippen molar-refractivity contribution < 1.29 is 13.9 Å². The van der Waals surface area contributed by atoms with E-state index in [0.29, 0.717) is 49.7 Å². The third-order valence-corrected chi connectivity index (χ3v) is 8.66. The number of carbonyl (C=O) groups is 1. The van der Waals surface area contributed by atoms with Crippen molar-refractivity contribution in [3.8, 4) is 22.3 Å². The van der Waals surface area contributed by atoms with Gasteiger partial charge in [-0.1, -0.05) is 55.3 Å². The monoisotopic (exact) mass is 549 g/mol. The Hall–Kier alpha value is -3.94. The highest BCUT2D eigenvalue weighted by Crippen LogP contribution is 2.47. The Morgan fingerprint density at radius 3 is 2.44 bits per heavy atom. The molecule has 0 spiro atoms. The van der Waals surface area contributed by atoms with Gasteiger partial charge in [-0.2, -0.15) is 0 Å². The molecule has 0 saturated carbocycles. The molecule has 2 saturated heterocycles. The second-order valence-electron chi connectivity index (χ2n) is 11.3. The molecule has 1 aliphatic carbocycles. The van der Waals surface area contributed by atoms with E-state index in [0.717, 1.165) is 65.9 Å². The zero-order valence-electron chi connectivity index (χ0n) is 23.3. The number of benzene rings is 3. The van der Waals surface area contributed by atoms with Gasteiger partial charge in [-0.25, -0.2) is 0 Å². The Labute approximate surface area is 239 Å². The molecule has 1 amide bonds. The van der Waals surface area contributed by atoms with E-state index in [2.05, 4.69) is 45.4 Å². The van der Waals surface area contributed by atoms with Crippen LogP contribution in [-0.2, 0) is 16.0 Å². The lowest BCUT2D eigenvalue weighted by Gasteiger charge is -2.27. The number of morpholine rings is 1. The predicted octanol–water partition coefficient (Wildman–Crippen LogP) is 5.68. The molecule has 2 fully saturated rings. The fourth-order valence-corrected chi connectivity index (χ4v) is 6.61. The molecule has 1 aromatic heterocycles. The number of anilines is 2. The fourth-order valence-electron chi connectivity index (χ4n) is 6.61. The van der Waals surface area contributed by atoms with Crippen LogP contribution < -0.4 is 15.6 Å². The van der Waals surface area contributed by atoms with Crippen LogP contribution in [0.4, 0.5) is 11.6 Å². The molecule has 7 heteroatoms. The van der Waals surface area contributed by atoms with Gasteiger partial charge in [0.1, 0.15) is 5.58 Å². The number of amides is 1. The third-order valence-electron chi connectivity index (χ3n) is 8.66. The molecule has 2 aliphatic heterocycles. The van der Waals surface area contributed by atoms with Crippen LogP contribution in [0.25, 0.3) is 33.2 Å². The minimum atomic E-state index is -0.0491. The molecule has 4 aromatic rings. The van der Waals surface area contributed by atoms with Gasteiger partial charge in [0.05, 0.1) is 25.1 Å². The maximum absolute atomic E-state index is 13.2. The van der Waals surface area contributed by atoms with Crippen molar-refractivity contribution in [3.63, 3.8) is 0 Å². The van der Waals surface area contributed by atoms with Crippen LogP contribution >= 0.6 is 0 Å². The van der Waals surface area contributed by atoms with Gasteiger partial charge >= 0.3 is 0 Å². The summed E-state index contributed by atoms with van der Waals surface area (Å²) in [4.78, 5) is 30.8. The van der Waals surface area contributed by atoms with E-state index in [-0.39, 0.29) is 11.3 Å². The Morgan fingerprint density at radius 1 is 0.829 bits per heavy atom. The third kappa shape index (κ3) is 5.04. The maximum Gasteiger partial charge on any atom is 0.238 e. The van der Waals surface area contributed by atoms with Gasteiger partial charge in [-0.15, -0.1) is 0 Å². The minimum Gasteiger partial charge on any atom is -0.440 e. The number of nitrogens with one attached hydrogen (secondary N) is 1. The van der Waals surface area contributed by atoms with Crippen LogP contribution in [0, 0.1) is 0 Å². The highest BCUT2D eigenvalue weighted by Gasteiger charge is 2.27. The Bertz CT molecular complexity index is 1660. The number of hydrogen-bond donors (Lipinski definition) is 1. The Balaban J connectivity index is 1.30. The minimum absolute atomic E-state index is 0.0255. The molecule has 0 bridgehead atoms. The van der Waals surface area contributed by atoms with Gasteiger partial charge in [-0.3, -0.25) is 14.5 Å². The predicted molar refractivity (Wildman–Crippen MR) is 163 cm³/mol. The van der Waals surface area contributed by atoms with Crippen molar-refractivity contribution in [2.45, 2.75) is 32.1 Å². The second-order valence-corrected chi connectivity index (χ2v) is 11.3. The van der Waals surface area contributed by atoms with E-state index in [1.54, 1.807) is 6.07 Å². The average Bonchev–Trinajstić information content (AvgIpc) is 3.21. The number of likely N-dealkylation sites (tertiary alicyclic amines) is 1. The van der Waals surface area contributed by atoms with Crippen molar-refractivity contribution in [3.05, 3.63) is 82.0 Å². The molecule has 3 heterocycles. The van der Waals surface area contributed by atoms with Crippen molar-refractivity contribution in [1.29, 1.82) is 0 Å². The van der Waals surface area contributed by atoms with Crippen LogP contribution in [0.2, 0.25) is 0 Å². The molecule has 0 radical (unpaired) electrons. The number of rotatable bonds is 5. The van der Waals surface area contributed by atoms with Gasteiger partial charge in [0, 0.05) is 36.0 Å². The van der Waals surface area contributed by atoms with Crippen molar-refractivity contribution in [2.24, 2.45) is 0 Å². The molecule has 3 aromatic carbocycles. The number of ether oxygens (including phenoxy) is 1. The fraction of sp³-hybridized carbons (Fsp3) is 0.353. The quantitative estimate of drug-likeness (QED) is 0.304. The van der Waals surface area contributed by atoms with Crippen LogP contribution in [0.5, 0.6) is 0 Å². The van der Waals surface area contributed by atoms with Gasteiger partial charge in [0.15, 0.2) is 11.3 Å². The molecule has 0 atom stereocenters. The lowest BCUT2D eigenvalue weighted by molar-refractivity contribution is -0.117. The van der Waals surface area contributed by atoms with Crippen molar-refractivity contribution in [1.82, 2.24) is 4.90 Å². The average molecular weight is 550 g/mol. The zero-order valence-corrected chi connectivity index (χ0v) is 23.3. The number of nitrogens with zero attached hydrogens (tertiary/aromatic N) is 2. The van der Waals surface area contributed by atoms with Crippen molar-refractivity contribution >= 4 is 28.4 Å². The van der Waals surface area contributed by atoms with Gasteiger partial charge in [0.2, 0.25) is 5.91 Å². The maximum atomic E-state index is 13.2. The molecular weight excluding hydrogens is 514 g/mol. The SMILES string of the molecule is O=C(CN1CCCCCC1)Nc1ccc(-c2cccc3c(=O)cc(N4CCOCC4)oc23)c2c1-c1ccccc1C2. The van der Waals surface area contributed by atoms with E-state index in [9.17, 15) is 9.59 Å². The second kappa shape index (κ2) is 11.1. The molecule has 0 unspecified atom stereocenters. The smallest absolute Gasteiger partial charge is 0.238 e. The number of fused-ring (bicyclic) bond motifs is 4. The topological polar surface area (TPSA) is 75.0 Å². The van der Waals surface area contributed by atoms with E-state index in [4.69, 9.17) is 9.15 Å². The molecule has 1 N–H and O–H groups in total. The van der Waals surface area contributed by atoms with E-state index in [1.807, 2.05) is 24.3 Å². The van der Waals surface area contributed by atoms with E-state index >= 15 is 0 Å². The number of para-hydroxylation sites is 1. The van der Waals surface area contributed by atoms with Crippen LogP contribution in [0.15, 0.2) is 69.9 Å². The number of hydrogen-bond acceptors (Lipinski definition) is 6. The van der Waals surface area contributed by atoms with Crippen LogP contribution in [-0.4, -0.2) is 56.7 Å². The molecule has 7 rings (SSSR count). The molecule has 7 nitrogen and oxygen atoms in total. The highest BCUT2D eigenvalue weighted by atomic mass is 16.5. The Morgan fingerprint density at radius 2 is 1.61 bits per heavy atom. The zero-order chi connectivity index (χ0) is 27.8. The first-order valence-electron chi connectivity index (χ1n) is 14.8. The summed E-state index contributed by atoms with van der Waals surface area (Å²) in [5.41, 5.74) is 7.88. The lowest BCUT2D eigenvalue weighted by atomic mass is 9.93. The largest absolute Gasteiger partial charge is 0.440 e. The van der Waals surface area contributed by atoms with Gasteiger partial charge < -0.3 is 19.4 Å². The summed E-state index contributed by atoms with van der Waals surface area (Å²) in [6.07, 6.45) is 5.54. The lowest BCUT2D eigenvalue weighted by Crippen LogP contribution is -2.36. The van der Waals surface area contributed by atoms with Crippen molar-refractivity contribution in [2.75, 3.05) is 56.2 Å². The van der Waals surface area contributed by atoms with Crippen LogP contribution in [0.1, 0.15) is 36.8 Å². The summed E-state index contributed by atoms with van der Waals surface area (Å²) in [6, 6.07) is 19.9. The normalized spacial score (nSPS) is 17.2. The van der Waals surface area contributed by atoms with Gasteiger partial charge in [0.25, 0.3) is 0 Å². The summed E-state index contributed by atoms with van der Waals surface area (Å²) in [7, 11) is 0. The summed E-state index contributed by atoms with van der Waals surface area (Å²) in [6.45, 7) is 4.97. The van der Waals surface area contributed by atoms with E-state index < -0.39 is 0 Å². The first-order valence-corrected chi connectivity index (χ1v) is 14.8. The first-order chi connectivity index (χ1) is 20.2. The summed E-state index contributed by atoms with van der Waals surface area (Å²) < 4.78 is 12.0. The number of carbonyl (C=O) groups excluding carboxylic acids is 1. The molecule has 210 valence electrons. The molecule has 3 aliphatic rings. The first kappa shape index (κ1) is 26.0. The Kier molecular flexibility index (Phi) is 7.07. The molecular formula is C34H35N3O4. The van der Waals surface area contributed by atoms with E-state index in [1.165, 1.54) is 18.4 Å². The van der Waals surface area contributed by atoms with Crippen LogP contribution in [0.3, 0.4) is 0 Å². The van der Waals surface area contributed by atoms with Gasteiger partial charge in [-0.05, 0) is 66.7 Å². The standard InChI is InChI=1S/C34H35N3O4/c38-30-21-32(37-16-18-40-19-17-37)41-34-26(10-7-11-27(30)34)25-12-13-29(33-24-9-4-3-8-23(24)20-28(25)33)35-31(39)22-36-14-5-1-2-6-15-36/h3-4,7-13,21H,1-2,5-6,14-20,22H2,(H,35,39). The summed E-state index contributed by atoms with van der Waals surface area (Å²) in [5.74, 6) is 0.605. The highest BCUT2D eigenvalue weighted by molar-refractivity contribution is 6.03. The summed E-state index contributed by atoms with van der Waals surface area (Å²) in [5, 5.41) is 3.82. The molecule has 41 heavy (non-hydrogen) atoms. The summed E-state index contributed by atoms with van der Waals surface area (Å²) >= 11 is 0.